The van der Waals surface area contributed by atoms with Crippen LogP contribution in [0.25, 0.3) is 0 Å². The molecular formula is C14H21NO3S. The maximum Gasteiger partial charge on any atom is 0.150 e. The van der Waals surface area contributed by atoms with Gasteiger partial charge in [-0.25, -0.2) is 8.42 Å². The number of hydrogen-bond donors (Lipinski definition) is 2. The minimum Gasteiger partial charge on any atom is -0.399 e. The Morgan fingerprint density at radius 3 is 2.74 bits per heavy atom. The van der Waals surface area contributed by atoms with E-state index in [1.165, 1.54) is 6.26 Å². The van der Waals surface area contributed by atoms with Crippen molar-refractivity contribution in [3.8, 4) is 0 Å². The van der Waals surface area contributed by atoms with Gasteiger partial charge in [-0.3, -0.25) is 0 Å². The molecule has 4 nitrogen and oxygen atoms in total. The maximum absolute atomic E-state index is 11.6. The van der Waals surface area contributed by atoms with Crippen LogP contribution in [0, 0.1) is 5.92 Å². The highest BCUT2D eigenvalue weighted by molar-refractivity contribution is 7.91. The Labute approximate surface area is 114 Å². The Morgan fingerprint density at radius 2 is 2.11 bits per heavy atom. The highest BCUT2D eigenvalue weighted by Gasteiger charge is 2.32. The van der Waals surface area contributed by atoms with Crippen LogP contribution in [0.2, 0.25) is 0 Å². The van der Waals surface area contributed by atoms with Crippen molar-refractivity contribution in [2.75, 3.05) is 12.0 Å². The zero-order chi connectivity index (χ0) is 14.0. The molecule has 3 N–H and O–H groups in total. The number of nitrogens with two attached hydrogens (primary N) is 1. The van der Waals surface area contributed by atoms with Gasteiger partial charge in [0.2, 0.25) is 0 Å². The van der Waals surface area contributed by atoms with E-state index in [2.05, 4.69) is 0 Å². The molecule has 1 aromatic carbocycles. The molecule has 5 heteroatoms. The lowest BCUT2D eigenvalue weighted by atomic mass is 9.82. The molecule has 3 unspecified atom stereocenters. The molecule has 0 aromatic heterocycles. The van der Waals surface area contributed by atoms with Gasteiger partial charge in [-0.05, 0) is 42.9 Å². The number of anilines is 1. The van der Waals surface area contributed by atoms with Gasteiger partial charge in [0, 0.05) is 11.9 Å². The number of aliphatic hydroxyl groups excluding tert-OH is 1. The van der Waals surface area contributed by atoms with Crippen LogP contribution in [-0.2, 0) is 9.84 Å². The smallest absolute Gasteiger partial charge is 0.150 e. The number of nitrogen functional groups attached to an aromatic ring is 1. The first kappa shape index (κ1) is 14.3. The van der Waals surface area contributed by atoms with E-state index in [9.17, 15) is 13.5 Å². The van der Waals surface area contributed by atoms with Crippen LogP contribution in [0.4, 0.5) is 5.69 Å². The monoisotopic (exact) mass is 283 g/mol. The van der Waals surface area contributed by atoms with Crippen molar-refractivity contribution in [1.29, 1.82) is 0 Å². The summed E-state index contributed by atoms with van der Waals surface area (Å²) in [5.74, 6) is -0.00438. The van der Waals surface area contributed by atoms with Gasteiger partial charge in [-0.1, -0.05) is 18.6 Å². The molecule has 0 bridgehead atoms. The van der Waals surface area contributed by atoms with Crippen LogP contribution in [0.5, 0.6) is 0 Å². The average Bonchev–Trinajstić information content (AvgIpc) is 2.37. The summed E-state index contributed by atoms with van der Waals surface area (Å²) in [5, 5.41) is 10.1. The molecule has 0 radical (unpaired) electrons. The fourth-order valence-corrected chi connectivity index (χ4v) is 4.06. The number of aliphatic hydroxyl groups is 1. The first-order valence-electron chi connectivity index (χ1n) is 6.60. The molecule has 0 amide bonds. The minimum absolute atomic E-state index is 0.00438. The van der Waals surface area contributed by atoms with Gasteiger partial charge in [0.05, 0.1) is 11.4 Å². The van der Waals surface area contributed by atoms with Gasteiger partial charge in [0.25, 0.3) is 0 Å². The van der Waals surface area contributed by atoms with Crippen molar-refractivity contribution >= 4 is 15.5 Å². The molecular weight excluding hydrogens is 262 g/mol. The predicted octanol–water partition coefficient (Wildman–Crippen LogP) is 1.91. The van der Waals surface area contributed by atoms with Crippen LogP contribution < -0.4 is 5.73 Å². The van der Waals surface area contributed by atoms with Crippen molar-refractivity contribution in [2.24, 2.45) is 5.92 Å². The third-order valence-electron chi connectivity index (χ3n) is 3.97. The van der Waals surface area contributed by atoms with Crippen LogP contribution in [0.3, 0.4) is 0 Å². The molecule has 0 aliphatic heterocycles. The first-order chi connectivity index (χ1) is 8.88. The van der Waals surface area contributed by atoms with E-state index >= 15 is 0 Å². The molecule has 19 heavy (non-hydrogen) atoms. The summed E-state index contributed by atoms with van der Waals surface area (Å²) in [5.41, 5.74) is 7.11. The molecule has 2 rings (SSSR count). The third kappa shape index (κ3) is 3.48. The van der Waals surface area contributed by atoms with Gasteiger partial charge in [0.15, 0.2) is 0 Å². The van der Waals surface area contributed by atoms with Crippen LogP contribution in [0.15, 0.2) is 24.3 Å². The molecule has 0 spiro atoms. The quantitative estimate of drug-likeness (QED) is 0.830. The van der Waals surface area contributed by atoms with E-state index in [0.29, 0.717) is 18.5 Å². The van der Waals surface area contributed by atoms with E-state index in [1.54, 1.807) is 12.1 Å². The Kier molecular flexibility index (Phi) is 4.16. The summed E-state index contributed by atoms with van der Waals surface area (Å²) in [6.45, 7) is 0. The summed E-state index contributed by atoms with van der Waals surface area (Å²) < 4.78 is 23.3. The fraction of sp³-hybridized carbons (Fsp3) is 0.571. The van der Waals surface area contributed by atoms with Gasteiger partial charge in [-0.15, -0.1) is 0 Å². The second-order valence-electron chi connectivity index (χ2n) is 5.49. The lowest BCUT2D eigenvalue weighted by molar-refractivity contribution is 0.0857. The zero-order valence-electron chi connectivity index (χ0n) is 11.1. The summed E-state index contributed by atoms with van der Waals surface area (Å²) in [6, 6.07) is 7.18. The molecule has 106 valence electrons. The lowest BCUT2D eigenvalue weighted by Gasteiger charge is -2.31. The molecule has 3 atom stereocenters. The second kappa shape index (κ2) is 5.51. The van der Waals surface area contributed by atoms with E-state index in [0.717, 1.165) is 18.4 Å². The Morgan fingerprint density at radius 1 is 1.37 bits per heavy atom. The first-order valence-corrected chi connectivity index (χ1v) is 8.56. The summed E-state index contributed by atoms with van der Waals surface area (Å²) in [4.78, 5) is 0. The zero-order valence-corrected chi connectivity index (χ0v) is 11.9. The third-order valence-corrected chi connectivity index (χ3v) is 5.61. The highest BCUT2D eigenvalue weighted by atomic mass is 32.2. The van der Waals surface area contributed by atoms with Gasteiger partial charge >= 0.3 is 0 Å². The number of hydrogen-bond acceptors (Lipinski definition) is 4. The molecule has 0 saturated heterocycles. The standard InChI is InChI=1S/C14H21NO3S/c1-19(17,18)13-7-3-5-11(9-13)14(16)10-4-2-6-12(15)8-10/h2,4,6,8,11,13-14,16H,3,5,7,9,15H2,1H3. The molecule has 1 saturated carbocycles. The van der Waals surface area contributed by atoms with Gasteiger partial charge < -0.3 is 10.8 Å². The van der Waals surface area contributed by atoms with Crippen LogP contribution >= 0.6 is 0 Å². The molecule has 1 aromatic rings. The van der Waals surface area contributed by atoms with Crippen LogP contribution in [-0.4, -0.2) is 25.0 Å². The fourth-order valence-electron chi connectivity index (χ4n) is 2.87. The summed E-state index contributed by atoms with van der Waals surface area (Å²) in [7, 11) is -3.02. The number of sulfone groups is 1. The van der Waals surface area contributed by atoms with Gasteiger partial charge in [-0.2, -0.15) is 0 Å². The van der Waals surface area contributed by atoms with Crippen molar-refractivity contribution in [2.45, 2.75) is 37.0 Å². The average molecular weight is 283 g/mol. The van der Waals surface area contributed by atoms with E-state index < -0.39 is 15.9 Å². The minimum atomic E-state index is -3.02. The number of rotatable bonds is 3. The Balaban J connectivity index is 2.13. The van der Waals surface area contributed by atoms with Crippen molar-refractivity contribution in [1.82, 2.24) is 0 Å². The van der Waals surface area contributed by atoms with E-state index in [1.807, 2.05) is 12.1 Å². The number of benzene rings is 1. The summed E-state index contributed by atoms with van der Waals surface area (Å²) in [6.07, 6.45) is 3.61. The van der Waals surface area contributed by atoms with E-state index in [4.69, 9.17) is 5.73 Å². The van der Waals surface area contributed by atoms with Gasteiger partial charge in [0.1, 0.15) is 9.84 Å². The van der Waals surface area contributed by atoms with Crippen molar-refractivity contribution in [3.05, 3.63) is 29.8 Å². The Hall–Kier alpha value is -1.07. The SMILES string of the molecule is CS(=O)(=O)C1CCCC(C(O)c2cccc(N)c2)C1. The molecule has 1 aliphatic rings. The highest BCUT2D eigenvalue weighted by Crippen LogP contribution is 2.37. The molecule has 1 aliphatic carbocycles. The normalized spacial score (nSPS) is 26.0. The predicted molar refractivity (Wildman–Crippen MR) is 76.4 cm³/mol. The van der Waals surface area contributed by atoms with Crippen LogP contribution in [0.1, 0.15) is 37.4 Å². The van der Waals surface area contributed by atoms with Crippen molar-refractivity contribution < 1.29 is 13.5 Å². The second-order valence-corrected chi connectivity index (χ2v) is 7.82. The molecule has 1 fully saturated rings. The largest absolute Gasteiger partial charge is 0.399 e. The topological polar surface area (TPSA) is 80.4 Å². The maximum atomic E-state index is 11.6. The Bertz CT molecular complexity index is 541. The van der Waals surface area contributed by atoms with E-state index in [-0.39, 0.29) is 11.2 Å². The van der Waals surface area contributed by atoms with Crippen molar-refractivity contribution in [3.63, 3.8) is 0 Å². The summed E-state index contributed by atoms with van der Waals surface area (Å²) >= 11 is 0. The lowest BCUT2D eigenvalue weighted by Crippen LogP contribution is -2.30. The molecule has 0 heterocycles.